The van der Waals surface area contributed by atoms with Crippen molar-refractivity contribution in [2.24, 2.45) is 0 Å². The van der Waals surface area contributed by atoms with Crippen LogP contribution < -0.4 is 10.9 Å². The van der Waals surface area contributed by atoms with Crippen LogP contribution in [0.25, 0.3) is 10.2 Å². The molecule has 9 nitrogen and oxygen atoms in total. The Morgan fingerprint density at radius 2 is 2.07 bits per heavy atom. The number of nitrogens with one attached hydrogen (secondary N) is 1. The molecule has 27 heavy (non-hydrogen) atoms. The SMILES string of the molecule is Cc1c(C(=O)OCC(=O)NCC(=O)N(C)C)sc2nc3n(c(=O)c12)CCC3. The number of hydrogen-bond acceptors (Lipinski definition) is 7. The lowest BCUT2D eigenvalue weighted by atomic mass is 10.2. The minimum atomic E-state index is -0.686. The van der Waals surface area contributed by atoms with Gasteiger partial charge in [0.05, 0.1) is 11.9 Å². The lowest BCUT2D eigenvalue weighted by molar-refractivity contribution is -0.131. The van der Waals surface area contributed by atoms with Crippen LogP contribution in [0.5, 0.6) is 0 Å². The van der Waals surface area contributed by atoms with E-state index in [-0.39, 0.29) is 22.9 Å². The van der Waals surface area contributed by atoms with Crippen molar-refractivity contribution in [3.8, 4) is 0 Å². The van der Waals surface area contributed by atoms with E-state index < -0.39 is 18.5 Å². The number of aromatic nitrogens is 2. The maximum atomic E-state index is 12.6. The van der Waals surface area contributed by atoms with Gasteiger partial charge in [-0.05, 0) is 18.9 Å². The van der Waals surface area contributed by atoms with E-state index in [2.05, 4.69) is 10.3 Å². The smallest absolute Gasteiger partial charge is 0.349 e. The Hall–Kier alpha value is -2.75. The fraction of sp³-hybridized carbons (Fsp3) is 0.471. The third kappa shape index (κ3) is 3.70. The molecule has 0 aliphatic carbocycles. The number of thiophene rings is 1. The van der Waals surface area contributed by atoms with E-state index in [1.807, 2.05) is 0 Å². The maximum absolute atomic E-state index is 12.6. The number of likely N-dealkylation sites (N-methyl/N-ethyl adjacent to an activating group) is 1. The maximum Gasteiger partial charge on any atom is 0.349 e. The third-order valence-corrected chi connectivity index (χ3v) is 5.53. The van der Waals surface area contributed by atoms with Crippen LogP contribution in [0.15, 0.2) is 4.79 Å². The van der Waals surface area contributed by atoms with Crippen LogP contribution in [0.1, 0.15) is 27.5 Å². The molecule has 2 aromatic heterocycles. The van der Waals surface area contributed by atoms with E-state index in [0.717, 1.165) is 30.0 Å². The Bertz CT molecular complexity index is 991. The van der Waals surface area contributed by atoms with Crippen LogP contribution in [0.2, 0.25) is 0 Å². The number of fused-ring (bicyclic) bond motifs is 2. The summed E-state index contributed by atoms with van der Waals surface area (Å²) in [7, 11) is 3.15. The Morgan fingerprint density at radius 1 is 1.33 bits per heavy atom. The molecular formula is C17H20N4O5S. The van der Waals surface area contributed by atoms with Crippen molar-refractivity contribution >= 4 is 39.3 Å². The molecule has 10 heteroatoms. The molecule has 1 aliphatic heterocycles. The Labute approximate surface area is 158 Å². The van der Waals surface area contributed by atoms with E-state index in [0.29, 0.717) is 22.3 Å². The zero-order valence-electron chi connectivity index (χ0n) is 15.3. The number of esters is 1. The van der Waals surface area contributed by atoms with Gasteiger partial charge in [-0.2, -0.15) is 0 Å². The van der Waals surface area contributed by atoms with Gasteiger partial charge in [-0.3, -0.25) is 19.0 Å². The average Bonchev–Trinajstić information content (AvgIpc) is 3.22. The van der Waals surface area contributed by atoms with E-state index in [1.54, 1.807) is 25.6 Å². The molecule has 1 aliphatic rings. The molecule has 0 fully saturated rings. The molecule has 0 aromatic carbocycles. The van der Waals surface area contributed by atoms with Gasteiger partial charge in [0.1, 0.15) is 15.5 Å². The highest BCUT2D eigenvalue weighted by Gasteiger charge is 2.24. The Morgan fingerprint density at radius 3 is 2.78 bits per heavy atom. The summed E-state index contributed by atoms with van der Waals surface area (Å²) in [5.41, 5.74) is 0.378. The second kappa shape index (κ2) is 7.47. The molecule has 0 saturated carbocycles. The van der Waals surface area contributed by atoms with Crippen LogP contribution in [0.3, 0.4) is 0 Å². The van der Waals surface area contributed by atoms with Gasteiger partial charge in [-0.15, -0.1) is 11.3 Å². The summed E-state index contributed by atoms with van der Waals surface area (Å²) in [4.78, 5) is 54.7. The first-order chi connectivity index (χ1) is 12.8. The number of carbonyl (C=O) groups is 3. The van der Waals surface area contributed by atoms with E-state index in [1.165, 1.54) is 4.90 Å². The molecular weight excluding hydrogens is 372 g/mol. The summed E-state index contributed by atoms with van der Waals surface area (Å²) in [5, 5.41) is 2.81. The largest absolute Gasteiger partial charge is 0.451 e. The Balaban J connectivity index is 1.71. The molecule has 2 aromatic rings. The van der Waals surface area contributed by atoms with Gasteiger partial charge in [-0.25, -0.2) is 9.78 Å². The highest BCUT2D eigenvalue weighted by atomic mass is 32.1. The van der Waals surface area contributed by atoms with Crippen LogP contribution in [-0.4, -0.2) is 59.5 Å². The molecule has 0 atom stereocenters. The topological polar surface area (TPSA) is 111 Å². The summed E-state index contributed by atoms with van der Waals surface area (Å²) < 4.78 is 6.68. The second-order valence-electron chi connectivity index (χ2n) is 6.47. The second-order valence-corrected chi connectivity index (χ2v) is 7.46. The van der Waals surface area contributed by atoms with Crippen molar-refractivity contribution in [3.63, 3.8) is 0 Å². The van der Waals surface area contributed by atoms with Crippen LogP contribution >= 0.6 is 11.3 Å². The summed E-state index contributed by atoms with van der Waals surface area (Å²) in [5.74, 6) is -0.795. The van der Waals surface area contributed by atoms with E-state index >= 15 is 0 Å². The molecule has 3 heterocycles. The van der Waals surface area contributed by atoms with Crippen molar-refractivity contribution < 1.29 is 19.1 Å². The predicted molar refractivity (Wildman–Crippen MR) is 98.9 cm³/mol. The van der Waals surface area contributed by atoms with Gasteiger partial charge in [0.2, 0.25) is 5.91 Å². The molecule has 0 radical (unpaired) electrons. The Kier molecular flexibility index (Phi) is 5.26. The standard InChI is InChI=1S/C17H20N4O5S/c1-9-13-15(19-10-5-4-6-21(10)16(13)24)27-14(9)17(25)26-8-11(22)18-7-12(23)20(2)3/h4-8H2,1-3H3,(H,18,22). The molecule has 1 N–H and O–H groups in total. The van der Waals surface area contributed by atoms with Gasteiger partial charge in [0.25, 0.3) is 11.5 Å². The highest BCUT2D eigenvalue weighted by molar-refractivity contribution is 7.20. The zero-order chi connectivity index (χ0) is 19.7. The van der Waals surface area contributed by atoms with Gasteiger partial charge in [0.15, 0.2) is 6.61 Å². The quantitative estimate of drug-likeness (QED) is 0.721. The van der Waals surface area contributed by atoms with Crippen LogP contribution in [-0.2, 0) is 27.3 Å². The number of ether oxygens (including phenoxy) is 1. The summed E-state index contributed by atoms with van der Waals surface area (Å²) in [6.07, 6.45) is 1.63. The monoisotopic (exact) mass is 392 g/mol. The van der Waals surface area contributed by atoms with Crippen LogP contribution in [0, 0.1) is 6.92 Å². The lowest BCUT2D eigenvalue weighted by Gasteiger charge is -2.10. The predicted octanol–water partition coefficient (Wildman–Crippen LogP) is 0.0738. The number of carbonyl (C=O) groups excluding carboxylic acids is 3. The van der Waals surface area contributed by atoms with Gasteiger partial charge in [0, 0.05) is 27.1 Å². The number of hydrogen-bond donors (Lipinski definition) is 1. The van der Waals surface area contributed by atoms with Crippen molar-refractivity contribution in [2.75, 3.05) is 27.2 Å². The molecule has 0 saturated heterocycles. The number of aryl methyl sites for hydroxylation is 2. The molecule has 0 unspecified atom stereocenters. The van der Waals surface area contributed by atoms with Gasteiger partial charge in [-0.1, -0.05) is 0 Å². The first-order valence-electron chi connectivity index (χ1n) is 8.46. The normalized spacial score (nSPS) is 12.7. The fourth-order valence-electron chi connectivity index (χ4n) is 2.85. The summed E-state index contributed by atoms with van der Waals surface area (Å²) >= 11 is 1.09. The third-order valence-electron chi connectivity index (χ3n) is 4.37. The highest BCUT2D eigenvalue weighted by Crippen LogP contribution is 2.29. The van der Waals surface area contributed by atoms with Crippen molar-refractivity contribution in [2.45, 2.75) is 26.3 Å². The first kappa shape index (κ1) is 19.0. The van der Waals surface area contributed by atoms with Gasteiger partial charge < -0.3 is 15.0 Å². The first-order valence-corrected chi connectivity index (χ1v) is 9.28. The van der Waals surface area contributed by atoms with Crippen molar-refractivity contribution in [1.82, 2.24) is 19.8 Å². The van der Waals surface area contributed by atoms with Crippen molar-refractivity contribution in [1.29, 1.82) is 0 Å². The van der Waals surface area contributed by atoms with Crippen molar-refractivity contribution in [3.05, 3.63) is 26.6 Å². The average molecular weight is 392 g/mol. The van der Waals surface area contributed by atoms with E-state index in [4.69, 9.17) is 4.74 Å². The lowest BCUT2D eigenvalue weighted by Crippen LogP contribution is -2.38. The molecule has 0 bridgehead atoms. The fourth-order valence-corrected chi connectivity index (χ4v) is 3.93. The minimum Gasteiger partial charge on any atom is -0.451 e. The number of amides is 2. The molecule has 0 spiro atoms. The minimum absolute atomic E-state index is 0.139. The zero-order valence-corrected chi connectivity index (χ0v) is 16.1. The van der Waals surface area contributed by atoms with E-state index in [9.17, 15) is 19.2 Å². The summed E-state index contributed by atoms with van der Waals surface area (Å²) in [6.45, 7) is 1.64. The number of rotatable bonds is 5. The molecule has 2 amide bonds. The summed E-state index contributed by atoms with van der Waals surface area (Å²) in [6, 6.07) is 0. The molecule has 144 valence electrons. The van der Waals surface area contributed by atoms with Crippen LogP contribution in [0.4, 0.5) is 0 Å². The number of nitrogens with zero attached hydrogens (tertiary/aromatic N) is 3. The molecule has 3 rings (SSSR count). The van der Waals surface area contributed by atoms with Gasteiger partial charge >= 0.3 is 5.97 Å².